The van der Waals surface area contributed by atoms with Crippen molar-refractivity contribution in [3.63, 3.8) is 0 Å². The molecule has 0 heterocycles. The van der Waals surface area contributed by atoms with Crippen molar-refractivity contribution < 1.29 is 51.5 Å². The van der Waals surface area contributed by atoms with Crippen molar-refractivity contribution in [1.82, 2.24) is 0 Å². The first-order valence-electron chi connectivity index (χ1n) is 12.9. The third kappa shape index (κ3) is 4.79. The number of halogens is 6. The maximum atomic E-state index is 13.5. The Morgan fingerprint density at radius 1 is 0.533 bits per heavy atom. The fourth-order valence-corrected chi connectivity index (χ4v) is 6.67. The largest absolute Gasteiger partial charge is 0.534 e. The minimum absolute atomic E-state index is 0.00641. The summed E-state index contributed by atoms with van der Waals surface area (Å²) in [6.45, 7) is 0. The van der Waals surface area contributed by atoms with Crippen molar-refractivity contribution in [1.29, 1.82) is 0 Å². The molecule has 232 valence electrons. The molecule has 0 saturated heterocycles. The van der Waals surface area contributed by atoms with Crippen LogP contribution in [-0.4, -0.2) is 27.9 Å². The highest BCUT2D eigenvalue weighted by molar-refractivity contribution is 7.88. The topological polar surface area (TPSA) is 86.7 Å². The predicted octanol–water partition coefficient (Wildman–Crippen LogP) is 7.66. The van der Waals surface area contributed by atoms with Crippen molar-refractivity contribution in [2.24, 2.45) is 0 Å². The minimum atomic E-state index is -6.13. The van der Waals surface area contributed by atoms with Gasteiger partial charge in [0.1, 0.15) is 5.75 Å². The lowest BCUT2D eigenvalue weighted by molar-refractivity contribution is -0.0504. The Hall–Kier alpha value is -4.56. The van der Waals surface area contributed by atoms with Gasteiger partial charge in [0.25, 0.3) is 0 Å². The molecule has 0 unspecified atom stereocenters. The van der Waals surface area contributed by atoms with Crippen LogP contribution in [0, 0.1) is 0 Å². The van der Waals surface area contributed by atoms with Gasteiger partial charge >= 0.3 is 31.3 Å². The molecule has 0 atom stereocenters. The summed E-state index contributed by atoms with van der Waals surface area (Å²) in [6, 6.07) is 27.4. The van der Waals surface area contributed by atoms with Gasteiger partial charge in [-0.15, -0.1) is 0 Å². The number of alkyl halides is 6. The van der Waals surface area contributed by atoms with E-state index in [2.05, 4.69) is 4.18 Å². The highest BCUT2D eigenvalue weighted by Gasteiger charge is 2.52. The molecule has 0 N–H and O–H groups in total. The molecule has 6 nitrogen and oxygen atoms in total. The summed E-state index contributed by atoms with van der Waals surface area (Å²) < 4.78 is 138. The van der Waals surface area contributed by atoms with E-state index >= 15 is 0 Å². The van der Waals surface area contributed by atoms with Crippen LogP contribution >= 0.6 is 0 Å². The number of fused-ring (bicyclic) bond motifs is 5. The fourth-order valence-electron chi connectivity index (χ4n) is 5.75. The Balaban J connectivity index is 1.76. The second kappa shape index (κ2) is 10.2. The summed E-state index contributed by atoms with van der Waals surface area (Å²) in [5, 5.41) is 0.279. The van der Waals surface area contributed by atoms with Crippen LogP contribution in [-0.2, 0) is 25.7 Å². The summed E-state index contributed by atoms with van der Waals surface area (Å²) in [7, 11) is -12.2. The zero-order chi connectivity index (χ0) is 32.4. The molecular weight excluding hydrogens is 646 g/mol. The Bertz CT molecular complexity index is 2120. The second-order valence-corrected chi connectivity index (χ2v) is 13.1. The van der Waals surface area contributed by atoms with Crippen LogP contribution in [0.1, 0.15) is 22.3 Å². The van der Waals surface area contributed by atoms with Gasteiger partial charge in [-0.3, -0.25) is 0 Å². The average molecular weight is 665 g/mol. The number of hydrogen-bond donors (Lipinski definition) is 0. The van der Waals surface area contributed by atoms with Crippen molar-refractivity contribution in [3.8, 4) is 22.6 Å². The molecule has 0 radical (unpaired) electrons. The van der Waals surface area contributed by atoms with Crippen LogP contribution in [0.5, 0.6) is 11.5 Å². The van der Waals surface area contributed by atoms with E-state index in [1.54, 1.807) is 66.7 Å². The number of hydrogen-bond acceptors (Lipinski definition) is 6. The molecule has 0 spiro atoms. The standard InChI is InChI=1S/C31H18F6O6S2/c32-30(33,34)44(38,39)42-21-15-16-24-25(17-21)29(19-9-3-1-4-10-19,20-11-5-2-6-12-20)26-18-27(43-45(40,41)31(35,36)37)22-13-7-8-14-23(22)28(24)26/h1-18H. The maximum Gasteiger partial charge on any atom is 0.534 e. The van der Waals surface area contributed by atoms with Crippen LogP contribution in [0.4, 0.5) is 26.3 Å². The normalized spacial score (nSPS) is 14.5. The van der Waals surface area contributed by atoms with Crippen molar-refractivity contribution in [3.05, 3.63) is 131 Å². The third-order valence-electron chi connectivity index (χ3n) is 7.46. The van der Waals surface area contributed by atoms with Crippen LogP contribution in [0.2, 0.25) is 0 Å². The van der Waals surface area contributed by atoms with E-state index in [-0.39, 0.29) is 21.9 Å². The van der Waals surface area contributed by atoms with Gasteiger partial charge in [0.15, 0.2) is 5.75 Å². The summed E-state index contributed by atoms with van der Waals surface area (Å²) in [4.78, 5) is 0. The first-order valence-corrected chi connectivity index (χ1v) is 15.7. The lowest BCUT2D eigenvalue weighted by atomic mass is 9.67. The van der Waals surface area contributed by atoms with E-state index in [4.69, 9.17) is 4.18 Å². The van der Waals surface area contributed by atoms with E-state index in [1.165, 1.54) is 24.3 Å². The first kappa shape index (κ1) is 30.5. The Morgan fingerprint density at radius 2 is 1.02 bits per heavy atom. The first-order chi connectivity index (χ1) is 21.1. The molecule has 0 saturated carbocycles. The van der Waals surface area contributed by atoms with Gasteiger partial charge in [-0.05, 0) is 57.0 Å². The number of benzene rings is 5. The zero-order valence-corrected chi connectivity index (χ0v) is 24.1. The molecule has 0 aromatic heterocycles. The lowest BCUT2D eigenvalue weighted by Crippen LogP contribution is -2.30. The van der Waals surface area contributed by atoms with Crippen LogP contribution in [0.3, 0.4) is 0 Å². The molecule has 0 aliphatic heterocycles. The van der Waals surface area contributed by atoms with Crippen molar-refractivity contribution >= 4 is 31.0 Å². The molecule has 0 fully saturated rings. The molecule has 5 aromatic carbocycles. The van der Waals surface area contributed by atoms with Gasteiger partial charge in [-0.25, -0.2) is 0 Å². The van der Waals surface area contributed by atoms with E-state index in [1.807, 2.05) is 0 Å². The molecule has 6 rings (SSSR count). The smallest absolute Gasteiger partial charge is 0.376 e. The van der Waals surface area contributed by atoms with Crippen molar-refractivity contribution in [2.75, 3.05) is 0 Å². The minimum Gasteiger partial charge on any atom is -0.376 e. The molecule has 0 bridgehead atoms. The van der Waals surface area contributed by atoms with Gasteiger partial charge in [-0.1, -0.05) is 91.0 Å². The zero-order valence-electron chi connectivity index (χ0n) is 22.4. The Morgan fingerprint density at radius 3 is 1.56 bits per heavy atom. The summed E-state index contributed by atoms with van der Waals surface area (Å²) in [5.74, 6) is -1.31. The van der Waals surface area contributed by atoms with Crippen LogP contribution in [0.15, 0.2) is 109 Å². The van der Waals surface area contributed by atoms with Crippen molar-refractivity contribution in [2.45, 2.75) is 16.4 Å². The van der Waals surface area contributed by atoms with Crippen LogP contribution in [0.25, 0.3) is 21.9 Å². The molecular formula is C31H18F6O6S2. The van der Waals surface area contributed by atoms with E-state index in [0.717, 1.165) is 18.2 Å². The Kier molecular flexibility index (Phi) is 6.93. The average Bonchev–Trinajstić information content (AvgIpc) is 3.27. The van der Waals surface area contributed by atoms with Gasteiger partial charge in [-0.2, -0.15) is 43.2 Å². The molecule has 5 aromatic rings. The Labute approximate surface area is 252 Å². The quantitative estimate of drug-likeness (QED) is 0.103. The number of rotatable bonds is 6. The van der Waals surface area contributed by atoms with Crippen LogP contribution < -0.4 is 8.37 Å². The maximum absolute atomic E-state index is 13.5. The van der Waals surface area contributed by atoms with E-state index < -0.39 is 48.2 Å². The summed E-state index contributed by atoms with van der Waals surface area (Å²) in [6.07, 6.45) is 0. The molecule has 45 heavy (non-hydrogen) atoms. The fraction of sp³-hybridized carbons (Fsp3) is 0.0968. The monoisotopic (exact) mass is 664 g/mol. The molecule has 14 heteroatoms. The van der Waals surface area contributed by atoms with Gasteiger partial charge in [0.05, 0.1) is 5.41 Å². The van der Waals surface area contributed by atoms with Gasteiger partial charge in [0.2, 0.25) is 0 Å². The molecule has 1 aliphatic carbocycles. The second-order valence-electron chi connectivity index (χ2n) is 10.00. The molecule has 0 amide bonds. The SMILES string of the molecule is O=S(=O)(Oc1ccc2c(c1)C(c1ccccc1)(c1ccccc1)c1cc(OS(=O)(=O)C(F)(F)F)c3ccccc3c1-2)C(F)(F)F. The molecule has 1 aliphatic rings. The third-order valence-corrected chi connectivity index (χ3v) is 9.41. The summed E-state index contributed by atoms with van der Waals surface area (Å²) >= 11 is 0. The van der Waals surface area contributed by atoms with Gasteiger partial charge < -0.3 is 8.37 Å². The summed E-state index contributed by atoms with van der Waals surface area (Å²) in [5.41, 5.74) is -10.8. The highest BCUT2D eigenvalue weighted by Crippen LogP contribution is 2.59. The predicted molar refractivity (Wildman–Crippen MR) is 152 cm³/mol. The highest BCUT2D eigenvalue weighted by atomic mass is 32.2. The van der Waals surface area contributed by atoms with Gasteiger partial charge in [0, 0.05) is 5.39 Å². The van der Waals surface area contributed by atoms with E-state index in [9.17, 15) is 43.2 Å². The lowest BCUT2D eigenvalue weighted by Gasteiger charge is -2.34. The van der Waals surface area contributed by atoms with E-state index in [0.29, 0.717) is 22.3 Å².